The van der Waals surface area contributed by atoms with Gasteiger partial charge in [-0.3, -0.25) is 0 Å². The summed E-state index contributed by atoms with van der Waals surface area (Å²) in [6.07, 6.45) is 17.5. The molecule has 0 aromatic heterocycles. The van der Waals surface area contributed by atoms with Crippen molar-refractivity contribution in [1.29, 1.82) is 0 Å². The van der Waals surface area contributed by atoms with Gasteiger partial charge in [0.2, 0.25) is 0 Å². The largest absolute Gasteiger partial charge is 0.239 e. The number of thioether (sulfide) groups is 1. The number of fused-ring (bicyclic) bond motifs is 4. The highest BCUT2D eigenvalue weighted by Gasteiger charge is 2.63. The second kappa shape index (κ2) is 5.13. The van der Waals surface area contributed by atoms with E-state index in [2.05, 4.69) is 37.8 Å². The van der Waals surface area contributed by atoms with Crippen LogP contribution < -0.4 is 0 Å². The van der Waals surface area contributed by atoms with Gasteiger partial charge >= 0.3 is 0 Å². The standard InChI is InChI=1S/C22H27FS/c1-14-7-9-21(2)15(11-14)3-4-16-17(21)8-10-22-12-20(24-13-23)19(22)6-5-18(16)22/h7,9,11-12,16-19H,1,3-6,8,10,13H2,2H3. The third kappa shape index (κ3) is 1.81. The average molecular weight is 343 g/mol. The van der Waals surface area contributed by atoms with Gasteiger partial charge in [-0.15, -0.1) is 0 Å². The molecule has 5 aliphatic carbocycles. The van der Waals surface area contributed by atoms with E-state index in [-0.39, 0.29) is 11.4 Å². The SMILES string of the molecule is C=C1C=CC2(C)C(=C1)CCC1C2CCC23C=C(SCF)C2CCC13. The van der Waals surface area contributed by atoms with Crippen molar-refractivity contribution >= 4 is 11.8 Å². The molecule has 0 aliphatic heterocycles. The fourth-order valence-corrected chi connectivity index (χ4v) is 8.13. The third-order valence-corrected chi connectivity index (χ3v) is 9.06. The van der Waals surface area contributed by atoms with Crippen LogP contribution in [-0.4, -0.2) is 6.01 Å². The van der Waals surface area contributed by atoms with Crippen LogP contribution in [0.1, 0.15) is 45.4 Å². The summed E-state index contributed by atoms with van der Waals surface area (Å²) in [6.45, 7) is 6.62. The van der Waals surface area contributed by atoms with Crippen molar-refractivity contribution in [3.05, 3.63) is 46.9 Å². The van der Waals surface area contributed by atoms with Crippen molar-refractivity contribution in [2.24, 2.45) is 34.5 Å². The number of allylic oxidation sites excluding steroid dienone is 7. The molecule has 0 nitrogen and oxygen atoms in total. The lowest BCUT2D eigenvalue weighted by Crippen LogP contribution is -2.52. The third-order valence-electron chi connectivity index (χ3n) is 8.22. The van der Waals surface area contributed by atoms with E-state index in [1.165, 1.54) is 60.8 Å². The first kappa shape index (κ1) is 15.5. The molecule has 3 saturated carbocycles. The van der Waals surface area contributed by atoms with Crippen molar-refractivity contribution in [3.8, 4) is 0 Å². The summed E-state index contributed by atoms with van der Waals surface area (Å²) < 4.78 is 12.8. The fourth-order valence-electron chi connectivity index (χ4n) is 7.16. The quantitative estimate of drug-likeness (QED) is 0.557. The first-order valence-corrected chi connectivity index (χ1v) is 10.6. The van der Waals surface area contributed by atoms with E-state index in [0.29, 0.717) is 11.3 Å². The van der Waals surface area contributed by atoms with Crippen LogP contribution in [0.2, 0.25) is 0 Å². The first-order valence-electron chi connectivity index (χ1n) is 9.59. The van der Waals surface area contributed by atoms with E-state index in [0.717, 1.165) is 17.8 Å². The van der Waals surface area contributed by atoms with Crippen LogP contribution in [0.5, 0.6) is 0 Å². The molecule has 0 saturated heterocycles. The second-order valence-electron chi connectivity index (χ2n) is 8.86. The van der Waals surface area contributed by atoms with E-state index in [4.69, 9.17) is 0 Å². The summed E-state index contributed by atoms with van der Waals surface area (Å²) in [7, 11) is 0. The lowest BCUT2D eigenvalue weighted by atomic mass is 9.45. The minimum absolute atomic E-state index is 0.254. The van der Waals surface area contributed by atoms with E-state index < -0.39 is 0 Å². The maximum absolute atomic E-state index is 12.8. The molecule has 3 fully saturated rings. The Morgan fingerprint density at radius 3 is 2.96 bits per heavy atom. The average Bonchev–Trinajstić information content (AvgIpc) is 2.86. The molecule has 6 atom stereocenters. The van der Waals surface area contributed by atoms with Crippen LogP contribution >= 0.6 is 11.8 Å². The Balaban J connectivity index is 1.47. The summed E-state index contributed by atoms with van der Waals surface area (Å²) in [5.74, 6) is 3.19. The fraction of sp³-hybridized carbons (Fsp3) is 0.636. The summed E-state index contributed by atoms with van der Waals surface area (Å²) in [6, 6.07) is -0.254. The van der Waals surface area contributed by atoms with Gasteiger partial charge in [0.15, 0.2) is 0 Å². The predicted octanol–water partition coefficient (Wildman–Crippen LogP) is 6.44. The van der Waals surface area contributed by atoms with Crippen molar-refractivity contribution in [2.75, 3.05) is 6.01 Å². The topological polar surface area (TPSA) is 0 Å². The monoisotopic (exact) mass is 342 g/mol. The summed E-state index contributed by atoms with van der Waals surface area (Å²) in [5.41, 5.74) is 3.50. The highest BCUT2D eigenvalue weighted by atomic mass is 32.2. The molecular weight excluding hydrogens is 315 g/mol. The van der Waals surface area contributed by atoms with Gasteiger partial charge in [0.25, 0.3) is 0 Å². The molecule has 128 valence electrons. The molecule has 0 bridgehead atoms. The van der Waals surface area contributed by atoms with Gasteiger partial charge in [-0.25, -0.2) is 4.39 Å². The highest BCUT2D eigenvalue weighted by molar-refractivity contribution is 8.03. The zero-order chi connectivity index (χ0) is 16.5. The molecule has 1 spiro atoms. The number of halogens is 1. The molecule has 0 aromatic rings. The van der Waals surface area contributed by atoms with Gasteiger partial charge in [-0.05, 0) is 78.1 Å². The maximum Gasteiger partial charge on any atom is 0.139 e. The molecule has 2 heteroatoms. The molecule has 5 aliphatic rings. The van der Waals surface area contributed by atoms with E-state index in [9.17, 15) is 4.39 Å². The normalized spacial score (nSPS) is 48.5. The lowest BCUT2D eigenvalue weighted by molar-refractivity contribution is -0.0204. The van der Waals surface area contributed by atoms with Crippen LogP contribution in [0.15, 0.2) is 46.9 Å². The van der Waals surface area contributed by atoms with Crippen molar-refractivity contribution in [1.82, 2.24) is 0 Å². The number of hydrogen-bond acceptors (Lipinski definition) is 1. The highest BCUT2D eigenvalue weighted by Crippen LogP contribution is 2.72. The summed E-state index contributed by atoms with van der Waals surface area (Å²) >= 11 is 1.46. The van der Waals surface area contributed by atoms with E-state index in [1.807, 2.05) is 0 Å². The van der Waals surface area contributed by atoms with Crippen molar-refractivity contribution in [2.45, 2.75) is 45.4 Å². The summed E-state index contributed by atoms with van der Waals surface area (Å²) in [4.78, 5) is 1.37. The number of hydrogen-bond donors (Lipinski definition) is 0. The second-order valence-corrected chi connectivity index (χ2v) is 9.84. The Kier molecular flexibility index (Phi) is 3.31. The minimum atomic E-state index is -0.254. The molecule has 6 unspecified atom stereocenters. The van der Waals surface area contributed by atoms with Crippen molar-refractivity contribution < 1.29 is 4.39 Å². The molecular formula is C22H27FS. The van der Waals surface area contributed by atoms with Gasteiger partial charge in [0, 0.05) is 5.41 Å². The van der Waals surface area contributed by atoms with Gasteiger partial charge in [0.1, 0.15) is 6.01 Å². The Labute approximate surface area is 149 Å². The Hall–Kier alpha value is -0.760. The Morgan fingerprint density at radius 2 is 2.12 bits per heavy atom. The molecule has 5 rings (SSSR count). The van der Waals surface area contributed by atoms with Crippen LogP contribution in [-0.2, 0) is 0 Å². The van der Waals surface area contributed by atoms with Crippen molar-refractivity contribution in [3.63, 3.8) is 0 Å². The molecule has 0 radical (unpaired) electrons. The maximum atomic E-state index is 12.8. The van der Waals surface area contributed by atoms with Crippen LogP contribution in [0, 0.1) is 34.5 Å². The predicted molar refractivity (Wildman–Crippen MR) is 100 cm³/mol. The van der Waals surface area contributed by atoms with Gasteiger partial charge in [0.05, 0.1) is 0 Å². The zero-order valence-corrected chi connectivity index (χ0v) is 15.4. The molecule has 0 amide bonds. The molecule has 0 N–H and O–H groups in total. The van der Waals surface area contributed by atoms with Gasteiger partial charge < -0.3 is 0 Å². The first-order chi connectivity index (χ1) is 11.6. The lowest BCUT2D eigenvalue weighted by Gasteiger charge is -2.59. The van der Waals surface area contributed by atoms with E-state index >= 15 is 0 Å². The Morgan fingerprint density at radius 1 is 1.25 bits per heavy atom. The van der Waals surface area contributed by atoms with Gasteiger partial charge in [-0.2, -0.15) is 0 Å². The van der Waals surface area contributed by atoms with Gasteiger partial charge in [-0.1, -0.05) is 55.1 Å². The van der Waals surface area contributed by atoms with Crippen LogP contribution in [0.3, 0.4) is 0 Å². The minimum Gasteiger partial charge on any atom is -0.239 e. The number of alkyl halides is 1. The summed E-state index contributed by atoms with van der Waals surface area (Å²) in [5, 5.41) is 0. The zero-order valence-electron chi connectivity index (χ0n) is 14.6. The number of rotatable bonds is 2. The van der Waals surface area contributed by atoms with Crippen LogP contribution in [0.25, 0.3) is 0 Å². The molecule has 0 aromatic carbocycles. The Bertz CT molecular complexity index is 686. The van der Waals surface area contributed by atoms with Crippen LogP contribution in [0.4, 0.5) is 4.39 Å². The molecule has 24 heavy (non-hydrogen) atoms. The van der Waals surface area contributed by atoms with E-state index in [1.54, 1.807) is 5.57 Å². The smallest absolute Gasteiger partial charge is 0.139 e. The molecule has 0 heterocycles.